The molecule has 17 heavy (non-hydrogen) atoms. The number of anilines is 2. The molecule has 6 heteroatoms. The first-order valence-corrected chi connectivity index (χ1v) is 5.48. The molecule has 0 N–H and O–H groups in total. The standard InChI is InChI=1S/C11H11ClFN3O/c1-7(12)10-14-15-11(17-10)16(2)9-5-3-8(13)4-6-9/h3-7H,1-2H3. The molecule has 0 amide bonds. The number of nitrogens with zero attached hydrogens (tertiary/aromatic N) is 3. The van der Waals surface area contributed by atoms with E-state index in [2.05, 4.69) is 10.2 Å². The highest BCUT2D eigenvalue weighted by Gasteiger charge is 2.15. The fraction of sp³-hybridized carbons (Fsp3) is 0.273. The molecule has 0 fully saturated rings. The highest BCUT2D eigenvalue weighted by atomic mass is 35.5. The fourth-order valence-electron chi connectivity index (χ4n) is 1.30. The van der Waals surface area contributed by atoms with Crippen molar-refractivity contribution in [1.29, 1.82) is 0 Å². The van der Waals surface area contributed by atoms with Gasteiger partial charge in [-0.3, -0.25) is 4.90 Å². The Kier molecular flexibility index (Phi) is 3.28. The summed E-state index contributed by atoms with van der Waals surface area (Å²) in [4.78, 5) is 1.66. The first kappa shape index (κ1) is 11.9. The van der Waals surface area contributed by atoms with Gasteiger partial charge in [-0.15, -0.1) is 16.7 Å². The second-order valence-electron chi connectivity index (χ2n) is 3.57. The van der Waals surface area contributed by atoms with Crippen LogP contribution < -0.4 is 4.90 Å². The maximum absolute atomic E-state index is 12.8. The Morgan fingerprint density at radius 1 is 1.29 bits per heavy atom. The van der Waals surface area contributed by atoms with Crippen LogP contribution in [0.1, 0.15) is 18.2 Å². The lowest BCUT2D eigenvalue weighted by atomic mass is 10.3. The number of rotatable bonds is 3. The van der Waals surface area contributed by atoms with E-state index in [9.17, 15) is 4.39 Å². The minimum atomic E-state index is -0.335. The van der Waals surface area contributed by atoms with Gasteiger partial charge in [0.05, 0.1) is 0 Å². The van der Waals surface area contributed by atoms with Gasteiger partial charge in [0.2, 0.25) is 5.89 Å². The number of hydrogen-bond acceptors (Lipinski definition) is 4. The molecule has 0 aliphatic rings. The highest BCUT2D eigenvalue weighted by Crippen LogP contribution is 2.25. The molecule has 0 saturated carbocycles. The molecule has 0 bridgehead atoms. The lowest BCUT2D eigenvalue weighted by molar-refractivity contribution is 0.499. The Balaban J connectivity index is 2.24. The van der Waals surface area contributed by atoms with E-state index in [0.29, 0.717) is 11.9 Å². The fourth-order valence-corrected chi connectivity index (χ4v) is 1.39. The second-order valence-corrected chi connectivity index (χ2v) is 4.23. The summed E-state index contributed by atoms with van der Waals surface area (Å²) < 4.78 is 18.1. The van der Waals surface area contributed by atoms with E-state index in [1.54, 1.807) is 31.0 Å². The summed E-state index contributed by atoms with van der Waals surface area (Å²) >= 11 is 5.82. The highest BCUT2D eigenvalue weighted by molar-refractivity contribution is 6.20. The lowest BCUT2D eigenvalue weighted by Gasteiger charge is -2.13. The van der Waals surface area contributed by atoms with Gasteiger partial charge in [0.25, 0.3) is 0 Å². The summed E-state index contributed by atoms with van der Waals surface area (Å²) in [7, 11) is 1.75. The van der Waals surface area contributed by atoms with Crippen molar-refractivity contribution < 1.29 is 8.81 Å². The Hall–Kier alpha value is -1.62. The Morgan fingerprint density at radius 2 is 1.94 bits per heavy atom. The SMILES string of the molecule is CC(Cl)c1nnc(N(C)c2ccc(F)cc2)o1. The number of benzene rings is 1. The number of alkyl halides is 1. The van der Waals surface area contributed by atoms with Gasteiger partial charge in [-0.05, 0) is 31.2 Å². The van der Waals surface area contributed by atoms with Gasteiger partial charge >= 0.3 is 6.01 Å². The molecule has 2 aromatic rings. The third-order valence-corrected chi connectivity index (χ3v) is 2.46. The van der Waals surface area contributed by atoms with E-state index < -0.39 is 0 Å². The molecule has 0 aliphatic heterocycles. The lowest BCUT2D eigenvalue weighted by Crippen LogP contribution is -2.09. The van der Waals surface area contributed by atoms with Crippen molar-refractivity contribution in [3.8, 4) is 0 Å². The predicted molar refractivity (Wildman–Crippen MR) is 63.0 cm³/mol. The van der Waals surface area contributed by atoms with E-state index in [4.69, 9.17) is 16.0 Å². The van der Waals surface area contributed by atoms with E-state index in [1.165, 1.54) is 12.1 Å². The van der Waals surface area contributed by atoms with Crippen LogP contribution >= 0.6 is 11.6 Å². The molecule has 0 aliphatic carbocycles. The van der Waals surface area contributed by atoms with Crippen molar-refractivity contribution in [3.63, 3.8) is 0 Å². The molecule has 0 saturated heterocycles. The topological polar surface area (TPSA) is 42.2 Å². The van der Waals surface area contributed by atoms with Crippen LogP contribution in [0.3, 0.4) is 0 Å². The van der Waals surface area contributed by atoms with E-state index >= 15 is 0 Å². The predicted octanol–water partition coefficient (Wildman–Crippen LogP) is 3.28. The molecular weight excluding hydrogens is 245 g/mol. The van der Waals surface area contributed by atoms with Gasteiger partial charge in [0.15, 0.2) is 0 Å². The third kappa shape index (κ3) is 2.55. The summed E-state index contributed by atoms with van der Waals surface area (Å²) in [6.45, 7) is 1.75. The number of aromatic nitrogens is 2. The van der Waals surface area contributed by atoms with Crippen molar-refractivity contribution in [1.82, 2.24) is 10.2 Å². The summed E-state index contributed by atoms with van der Waals surface area (Å²) in [5.74, 6) is 0.0679. The van der Waals surface area contributed by atoms with Gasteiger partial charge < -0.3 is 4.42 Å². The van der Waals surface area contributed by atoms with E-state index in [1.807, 2.05) is 0 Å². The van der Waals surface area contributed by atoms with Crippen LogP contribution in [0.15, 0.2) is 28.7 Å². The van der Waals surface area contributed by atoms with Crippen LogP contribution in [0, 0.1) is 5.82 Å². The Bertz CT molecular complexity index is 498. The molecule has 0 spiro atoms. The molecule has 0 radical (unpaired) electrons. The monoisotopic (exact) mass is 255 g/mol. The maximum Gasteiger partial charge on any atom is 0.322 e. The summed E-state index contributed by atoms with van der Waals surface area (Å²) in [5, 5.41) is 7.35. The average molecular weight is 256 g/mol. The zero-order chi connectivity index (χ0) is 12.4. The van der Waals surface area contributed by atoms with Crippen molar-refractivity contribution in [2.24, 2.45) is 0 Å². The first-order valence-electron chi connectivity index (χ1n) is 5.04. The minimum Gasteiger partial charge on any atom is -0.406 e. The molecule has 1 aromatic heterocycles. The van der Waals surface area contributed by atoms with Gasteiger partial charge in [0, 0.05) is 12.7 Å². The van der Waals surface area contributed by atoms with Crippen LogP contribution in [0.5, 0.6) is 0 Å². The van der Waals surface area contributed by atoms with Gasteiger partial charge in [-0.25, -0.2) is 4.39 Å². The van der Waals surface area contributed by atoms with E-state index in [-0.39, 0.29) is 11.2 Å². The summed E-state index contributed by atoms with van der Waals surface area (Å²) in [6.07, 6.45) is 0. The van der Waals surface area contributed by atoms with Crippen molar-refractivity contribution in [2.75, 3.05) is 11.9 Å². The molecule has 1 aromatic carbocycles. The molecule has 2 rings (SSSR count). The van der Waals surface area contributed by atoms with Crippen molar-refractivity contribution in [2.45, 2.75) is 12.3 Å². The van der Waals surface area contributed by atoms with Crippen LogP contribution in [0.25, 0.3) is 0 Å². The second kappa shape index (κ2) is 4.71. The molecule has 1 unspecified atom stereocenters. The van der Waals surface area contributed by atoms with Crippen LogP contribution in [-0.2, 0) is 0 Å². The van der Waals surface area contributed by atoms with Gasteiger partial charge in [-0.1, -0.05) is 5.10 Å². The number of hydrogen-bond donors (Lipinski definition) is 0. The third-order valence-electron chi connectivity index (χ3n) is 2.27. The minimum absolute atomic E-state index is 0.289. The molecule has 1 atom stereocenters. The van der Waals surface area contributed by atoms with Crippen LogP contribution in [0.2, 0.25) is 0 Å². The number of halogens is 2. The van der Waals surface area contributed by atoms with Crippen LogP contribution in [0.4, 0.5) is 16.1 Å². The van der Waals surface area contributed by atoms with Gasteiger partial charge in [0.1, 0.15) is 11.2 Å². The average Bonchev–Trinajstić information content (AvgIpc) is 2.78. The molecular formula is C11H11ClFN3O. The Morgan fingerprint density at radius 3 is 2.47 bits per heavy atom. The Labute approximate surface area is 103 Å². The molecule has 1 heterocycles. The van der Waals surface area contributed by atoms with Crippen molar-refractivity contribution in [3.05, 3.63) is 36.0 Å². The zero-order valence-corrected chi connectivity index (χ0v) is 10.1. The van der Waals surface area contributed by atoms with Crippen molar-refractivity contribution >= 4 is 23.3 Å². The quantitative estimate of drug-likeness (QED) is 0.790. The maximum atomic E-state index is 12.8. The summed E-state index contributed by atoms with van der Waals surface area (Å²) in [5.41, 5.74) is 0.754. The molecule has 90 valence electrons. The largest absolute Gasteiger partial charge is 0.406 e. The van der Waals surface area contributed by atoms with Crippen LogP contribution in [-0.4, -0.2) is 17.2 Å². The smallest absolute Gasteiger partial charge is 0.322 e. The first-order chi connectivity index (χ1) is 8.08. The van der Waals surface area contributed by atoms with E-state index in [0.717, 1.165) is 5.69 Å². The van der Waals surface area contributed by atoms with Gasteiger partial charge in [-0.2, -0.15) is 0 Å². The normalized spacial score (nSPS) is 12.5. The molecule has 4 nitrogen and oxygen atoms in total. The summed E-state index contributed by atoms with van der Waals surface area (Å²) in [6, 6.07) is 6.31. The zero-order valence-electron chi connectivity index (χ0n) is 9.39.